The molecule has 0 aliphatic rings. The number of imidazole rings is 1. The molecule has 1 N–H and O–H groups in total. The number of hydrogen-bond donors (Lipinski definition) is 1. The molecule has 0 radical (unpaired) electrons. The summed E-state index contributed by atoms with van der Waals surface area (Å²) in [5.41, 5.74) is -0.451. The van der Waals surface area contributed by atoms with Gasteiger partial charge in [0.2, 0.25) is 0 Å². The number of rotatable bonds is 4. The molecule has 96 valence electrons. The van der Waals surface area contributed by atoms with Crippen molar-refractivity contribution in [3.8, 4) is 0 Å². The van der Waals surface area contributed by atoms with Crippen molar-refractivity contribution in [2.75, 3.05) is 6.54 Å². The third-order valence-electron chi connectivity index (χ3n) is 2.14. The van der Waals surface area contributed by atoms with Gasteiger partial charge in [0.1, 0.15) is 11.4 Å². The van der Waals surface area contributed by atoms with Crippen molar-refractivity contribution in [1.29, 1.82) is 0 Å². The van der Waals surface area contributed by atoms with Gasteiger partial charge in [-0.2, -0.15) is 0 Å². The quantitative estimate of drug-likeness (QED) is 0.874. The van der Waals surface area contributed by atoms with E-state index in [0.717, 1.165) is 12.2 Å². The number of amides is 1. The van der Waals surface area contributed by atoms with Crippen molar-refractivity contribution in [2.45, 2.75) is 46.3 Å². The third kappa shape index (κ3) is 4.89. The van der Waals surface area contributed by atoms with Gasteiger partial charge in [0.05, 0.1) is 0 Å². The second-order valence-corrected chi connectivity index (χ2v) is 4.82. The van der Waals surface area contributed by atoms with Crippen LogP contribution in [0.1, 0.15) is 33.5 Å². The summed E-state index contributed by atoms with van der Waals surface area (Å²) in [6.45, 7) is 8.84. The van der Waals surface area contributed by atoms with E-state index in [2.05, 4.69) is 17.2 Å². The number of carbonyl (C=O) groups excluding carboxylic acids is 1. The van der Waals surface area contributed by atoms with Crippen LogP contribution >= 0.6 is 0 Å². The summed E-state index contributed by atoms with van der Waals surface area (Å²) in [5.74, 6) is 1.02. The normalized spacial score (nSPS) is 11.3. The number of ether oxygens (including phenoxy) is 1. The lowest BCUT2D eigenvalue weighted by Crippen LogP contribution is -2.34. The Morgan fingerprint density at radius 3 is 2.82 bits per heavy atom. The zero-order valence-electron chi connectivity index (χ0n) is 11.0. The SMILES string of the molecule is CCc1nccn1CCNC(=O)OC(C)(C)C. The first-order valence-electron chi connectivity index (χ1n) is 5.89. The first-order chi connectivity index (χ1) is 7.92. The Labute approximate surface area is 102 Å². The van der Waals surface area contributed by atoms with Crippen molar-refractivity contribution in [3.63, 3.8) is 0 Å². The summed E-state index contributed by atoms with van der Waals surface area (Å²) in [5, 5.41) is 2.72. The molecule has 5 heteroatoms. The molecule has 0 aromatic carbocycles. The van der Waals surface area contributed by atoms with Gasteiger partial charge in [0, 0.05) is 31.9 Å². The van der Waals surface area contributed by atoms with Crippen LogP contribution in [-0.4, -0.2) is 27.8 Å². The number of hydrogen-bond acceptors (Lipinski definition) is 3. The zero-order valence-corrected chi connectivity index (χ0v) is 11.0. The lowest BCUT2D eigenvalue weighted by molar-refractivity contribution is 0.0526. The number of alkyl carbamates (subject to hydrolysis) is 1. The highest BCUT2D eigenvalue weighted by Gasteiger charge is 2.15. The van der Waals surface area contributed by atoms with Gasteiger partial charge in [-0.15, -0.1) is 0 Å². The monoisotopic (exact) mass is 239 g/mol. The van der Waals surface area contributed by atoms with E-state index < -0.39 is 5.60 Å². The van der Waals surface area contributed by atoms with Crippen LogP contribution in [0.3, 0.4) is 0 Å². The molecule has 0 atom stereocenters. The van der Waals surface area contributed by atoms with Gasteiger partial charge in [-0.05, 0) is 20.8 Å². The molecule has 1 aromatic heterocycles. The summed E-state index contributed by atoms with van der Waals surface area (Å²) in [4.78, 5) is 15.6. The van der Waals surface area contributed by atoms with Crippen LogP contribution in [0.4, 0.5) is 4.79 Å². The van der Waals surface area contributed by atoms with Crippen molar-refractivity contribution in [1.82, 2.24) is 14.9 Å². The number of nitrogens with one attached hydrogen (secondary N) is 1. The van der Waals surface area contributed by atoms with Gasteiger partial charge >= 0.3 is 6.09 Å². The summed E-state index contributed by atoms with van der Waals surface area (Å²) in [6.07, 6.45) is 4.19. The van der Waals surface area contributed by atoms with E-state index in [-0.39, 0.29) is 6.09 Å². The molecular formula is C12H21N3O2. The molecule has 1 amide bonds. The lowest BCUT2D eigenvalue weighted by atomic mass is 10.2. The summed E-state index contributed by atoms with van der Waals surface area (Å²) < 4.78 is 7.16. The van der Waals surface area contributed by atoms with E-state index >= 15 is 0 Å². The maximum atomic E-state index is 11.4. The van der Waals surface area contributed by atoms with Gasteiger partial charge in [-0.3, -0.25) is 0 Å². The van der Waals surface area contributed by atoms with Crippen LogP contribution in [0.15, 0.2) is 12.4 Å². The molecule has 17 heavy (non-hydrogen) atoms. The maximum Gasteiger partial charge on any atom is 0.407 e. The molecule has 0 bridgehead atoms. The van der Waals surface area contributed by atoms with Crippen molar-refractivity contribution in [2.24, 2.45) is 0 Å². The fourth-order valence-electron chi connectivity index (χ4n) is 1.45. The zero-order chi connectivity index (χ0) is 12.9. The first-order valence-corrected chi connectivity index (χ1v) is 5.89. The number of aromatic nitrogens is 2. The molecular weight excluding hydrogens is 218 g/mol. The van der Waals surface area contributed by atoms with Crippen LogP contribution in [-0.2, 0) is 17.7 Å². The largest absolute Gasteiger partial charge is 0.444 e. The van der Waals surface area contributed by atoms with Gasteiger partial charge in [0.15, 0.2) is 0 Å². The highest BCUT2D eigenvalue weighted by atomic mass is 16.6. The Kier molecular flexibility index (Phi) is 4.54. The molecule has 1 rings (SSSR count). The minimum Gasteiger partial charge on any atom is -0.444 e. The Balaban J connectivity index is 2.31. The standard InChI is InChI=1S/C12H21N3O2/c1-5-10-13-6-8-15(10)9-7-14-11(16)17-12(2,3)4/h6,8H,5,7,9H2,1-4H3,(H,14,16). The molecule has 0 saturated heterocycles. The van der Waals surface area contributed by atoms with E-state index in [9.17, 15) is 4.79 Å². The molecule has 0 aliphatic carbocycles. The Morgan fingerprint density at radius 2 is 2.24 bits per heavy atom. The molecule has 0 aliphatic heterocycles. The molecule has 1 aromatic rings. The lowest BCUT2D eigenvalue weighted by Gasteiger charge is -2.19. The van der Waals surface area contributed by atoms with E-state index in [1.54, 1.807) is 6.20 Å². The predicted molar refractivity (Wildman–Crippen MR) is 65.8 cm³/mol. The fourth-order valence-corrected chi connectivity index (χ4v) is 1.45. The predicted octanol–water partition coefficient (Wildman–Crippen LogP) is 1.97. The molecule has 0 saturated carbocycles. The smallest absolute Gasteiger partial charge is 0.407 e. The highest BCUT2D eigenvalue weighted by molar-refractivity contribution is 5.67. The van der Waals surface area contributed by atoms with Crippen LogP contribution < -0.4 is 5.32 Å². The summed E-state index contributed by atoms with van der Waals surface area (Å²) in [7, 11) is 0. The van der Waals surface area contributed by atoms with Crippen LogP contribution in [0, 0.1) is 0 Å². The molecule has 0 unspecified atom stereocenters. The van der Waals surface area contributed by atoms with E-state index in [1.165, 1.54) is 0 Å². The highest BCUT2D eigenvalue weighted by Crippen LogP contribution is 2.06. The number of aryl methyl sites for hydroxylation is 1. The van der Waals surface area contributed by atoms with Gasteiger partial charge in [-0.1, -0.05) is 6.92 Å². The van der Waals surface area contributed by atoms with Crippen LogP contribution in [0.5, 0.6) is 0 Å². The van der Waals surface area contributed by atoms with E-state index in [1.807, 2.05) is 31.5 Å². The second-order valence-electron chi connectivity index (χ2n) is 4.82. The average Bonchev–Trinajstić information content (AvgIpc) is 2.62. The van der Waals surface area contributed by atoms with Gasteiger partial charge < -0.3 is 14.6 Å². The molecule has 1 heterocycles. The topological polar surface area (TPSA) is 56.2 Å². The molecule has 0 fully saturated rings. The Morgan fingerprint density at radius 1 is 1.53 bits per heavy atom. The van der Waals surface area contributed by atoms with E-state index in [4.69, 9.17) is 4.74 Å². The first kappa shape index (κ1) is 13.5. The Hall–Kier alpha value is -1.52. The van der Waals surface area contributed by atoms with Gasteiger partial charge in [-0.25, -0.2) is 9.78 Å². The van der Waals surface area contributed by atoms with Crippen LogP contribution in [0.25, 0.3) is 0 Å². The Bertz CT molecular complexity index is 366. The third-order valence-corrected chi connectivity index (χ3v) is 2.14. The van der Waals surface area contributed by atoms with Crippen molar-refractivity contribution < 1.29 is 9.53 Å². The fraction of sp³-hybridized carbons (Fsp3) is 0.667. The average molecular weight is 239 g/mol. The van der Waals surface area contributed by atoms with Crippen LogP contribution in [0.2, 0.25) is 0 Å². The maximum absolute atomic E-state index is 11.4. The van der Waals surface area contributed by atoms with E-state index in [0.29, 0.717) is 13.1 Å². The number of nitrogens with zero attached hydrogens (tertiary/aromatic N) is 2. The van der Waals surface area contributed by atoms with Gasteiger partial charge in [0.25, 0.3) is 0 Å². The summed E-state index contributed by atoms with van der Waals surface area (Å²) in [6, 6.07) is 0. The minimum atomic E-state index is -0.451. The summed E-state index contributed by atoms with van der Waals surface area (Å²) >= 11 is 0. The minimum absolute atomic E-state index is 0.379. The molecule has 0 spiro atoms. The molecule has 5 nitrogen and oxygen atoms in total. The van der Waals surface area contributed by atoms with Crippen molar-refractivity contribution >= 4 is 6.09 Å². The number of carbonyl (C=O) groups is 1. The van der Waals surface area contributed by atoms with Crippen molar-refractivity contribution in [3.05, 3.63) is 18.2 Å². The second kappa shape index (κ2) is 5.70.